The molecule has 4 nitrogen and oxygen atoms in total. The predicted molar refractivity (Wildman–Crippen MR) is 58.2 cm³/mol. The lowest BCUT2D eigenvalue weighted by molar-refractivity contribution is -0.121. The molecule has 0 aliphatic carbocycles. The minimum absolute atomic E-state index is 0.146. The van der Waals surface area contributed by atoms with Gasteiger partial charge in [-0.05, 0) is 13.0 Å². The molecule has 0 atom stereocenters. The maximum Gasteiger partial charge on any atom is 0.402 e. The number of nitrogens with two attached hydrogens (primary N) is 1. The van der Waals surface area contributed by atoms with Crippen molar-refractivity contribution in [3.8, 4) is 0 Å². The fraction of sp³-hybridized carbons (Fsp3) is 0.500. The Kier molecular flexibility index (Phi) is 4.18. The summed E-state index contributed by atoms with van der Waals surface area (Å²) in [4.78, 5) is 0.877. The van der Waals surface area contributed by atoms with Gasteiger partial charge in [-0.25, -0.2) is 13.1 Å². The summed E-state index contributed by atoms with van der Waals surface area (Å²) in [5, 5.41) is 0. The van der Waals surface area contributed by atoms with Crippen LogP contribution in [0, 0.1) is 6.92 Å². The maximum absolute atomic E-state index is 11.9. The van der Waals surface area contributed by atoms with Crippen molar-refractivity contribution < 1.29 is 21.6 Å². The summed E-state index contributed by atoms with van der Waals surface area (Å²) in [6.07, 6.45) is -4.58. The molecule has 9 heteroatoms. The van der Waals surface area contributed by atoms with E-state index in [1.807, 2.05) is 0 Å². The number of hydrogen-bond donors (Lipinski definition) is 2. The van der Waals surface area contributed by atoms with E-state index in [0.717, 1.165) is 11.3 Å². The Morgan fingerprint density at radius 3 is 2.47 bits per heavy atom. The molecule has 3 N–H and O–H groups in total. The van der Waals surface area contributed by atoms with Crippen LogP contribution < -0.4 is 10.5 Å². The first-order valence-corrected chi connectivity index (χ1v) is 6.81. The number of hydrogen-bond acceptors (Lipinski definition) is 4. The molecule has 0 bridgehead atoms. The summed E-state index contributed by atoms with van der Waals surface area (Å²) in [5.41, 5.74) is 5.33. The lowest BCUT2D eigenvalue weighted by atomic mass is 10.4. The van der Waals surface area contributed by atoms with Gasteiger partial charge < -0.3 is 5.73 Å². The van der Waals surface area contributed by atoms with Gasteiger partial charge in [-0.15, -0.1) is 11.3 Å². The van der Waals surface area contributed by atoms with E-state index in [-0.39, 0.29) is 11.4 Å². The molecule has 98 valence electrons. The zero-order valence-corrected chi connectivity index (χ0v) is 10.5. The van der Waals surface area contributed by atoms with Gasteiger partial charge in [-0.2, -0.15) is 13.2 Å². The van der Waals surface area contributed by atoms with Crippen molar-refractivity contribution in [3.63, 3.8) is 0 Å². The first kappa shape index (κ1) is 14.4. The monoisotopic (exact) mass is 288 g/mol. The van der Waals surface area contributed by atoms with Crippen molar-refractivity contribution in [3.05, 3.63) is 15.8 Å². The highest BCUT2D eigenvalue weighted by Crippen LogP contribution is 2.25. The molecule has 0 spiro atoms. The number of halogens is 3. The van der Waals surface area contributed by atoms with Crippen molar-refractivity contribution in [2.75, 3.05) is 6.54 Å². The van der Waals surface area contributed by atoms with E-state index in [1.165, 1.54) is 17.7 Å². The van der Waals surface area contributed by atoms with Crippen molar-refractivity contribution >= 4 is 21.4 Å². The normalized spacial score (nSPS) is 13.0. The first-order valence-electron chi connectivity index (χ1n) is 4.51. The fourth-order valence-electron chi connectivity index (χ4n) is 1.15. The summed E-state index contributed by atoms with van der Waals surface area (Å²) in [5.74, 6) is 0. The van der Waals surface area contributed by atoms with E-state index in [9.17, 15) is 21.6 Å². The number of rotatable bonds is 4. The molecule has 1 heterocycles. The van der Waals surface area contributed by atoms with Gasteiger partial charge in [0.15, 0.2) is 0 Å². The zero-order valence-electron chi connectivity index (χ0n) is 8.84. The molecule has 17 heavy (non-hydrogen) atoms. The second-order valence-corrected chi connectivity index (χ2v) is 6.35. The molecule has 1 rings (SSSR count). The Hall–Kier alpha value is -0.640. The third-order valence-corrected chi connectivity index (χ3v) is 4.61. The first-order chi connectivity index (χ1) is 7.65. The van der Waals surface area contributed by atoms with Crippen LogP contribution in [0.1, 0.15) is 9.75 Å². The molecule has 0 unspecified atom stereocenters. The largest absolute Gasteiger partial charge is 0.402 e. The van der Waals surface area contributed by atoms with Gasteiger partial charge >= 0.3 is 6.18 Å². The van der Waals surface area contributed by atoms with Gasteiger partial charge in [0.25, 0.3) is 0 Å². The molecule has 0 saturated carbocycles. The summed E-state index contributed by atoms with van der Waals surface area (Å²) in [6.45, 7) is 0.0921. The molecule has 0 radical (unpaired) electrons. The summed E-state index contributed by atoms with van der Waals surface area (Å²) in [7, 11) is -4.13. The van der Waals surface area contributed by atoms with E-state index < -0.39 is 22.7 Å². The minimum atomic E-state index is -4.58. The Morgan fingerprint density at radius 2 is 2.06 bits per heavy atom. The molecule has 0 fully saturated rings. The van der Waals surface area contributed by atoms with Crippen LogP contribution >= 0.6 is 11.3 Å². The van der Waals surface area contributed by atoms with Crippen LogP contribution in [0.15, 0.2) is 11.0 Å². The van der Waals surface area contributed by atoms with Crippen molar-refractivity contribution in [1.82, 2.24) is 4.72 Å². The lowest BCUT2D eigenvalue weighted by Gasteiger charge is -2.08. The van der Waals surface area contributed by atoms with E-state index in [2.05, 4.69) is 0 Å². The van der Waals surface area contributed by atoms with Crippen LogP contribution in [0.5, 0.6) is 0 Å². The molecule has 0 aromatic carbocycles. The van der Waals surface area contributed by atoms with Gasteiger partial charge in [0.05, 0.1) is 4.90 Å². The molecule has 1 aromatic rings. The number of thiophene rings is 1. The summed E-state index contributed by atoms with van der Waals surface area (Å²) in [6, 6.07) is 1.29. The number of nitrogens with one attached hydrogen (secondary N) is 1. The zero-order chi connectivity index (χ0) is 13.3. The summed E-state index contributed by atoms with van der Waals surface area (Å²) < 4.78 is 60.5. The topological polar surface area (TPSA) is 72.2 Å². The molecule has 0 amide bonds. The van der Waals surface area contributed by atoms with Crippen molar-refractivity contribution in [2.45, 2.75) is 24.5 Å². The molecule has 1 aromatic heterocycles. The van der Waals surface area contributed by atoms with Gasteiger partial charge in [-0.3, -0.25) is 0 Å². The Morgan fingerprint density at radius 1 is 1.47 bits per heavy atom. The highest BCUT2D eigenvalue weighted by atomic mass is 32.2. The van der Waals surface area contributed by atoms with Crippen LogP contribution in [-0.4, -0.2) is 21.1 Å². The average molecular weight is 288 g/mol. The third-order valence-electron chi connectivity index (χ3n) is 1.88. The van der Waals surface area contributed by atoms with Crippen LogP contribution in [0.25, 0.3) is 0 Å². The quantitative estimate of drug-likeness (QED) is 0.878. The lowest BCUT2D eigenvalue weighted by Crippen LogP contribution is -2.33. The smallest absolute Gasteiger partial charge is 0.326 e. The SMILES string of the molecule is Cc1sc(CN)cc1S(=O)(=O)NCC(F)(F)F. The number of aryl methyl sites for hydroxylation is 1. The Labute approximate surface area is 101 Å². The number of alkyl halides is 3. The average Bonchev–Trinajstić information content (AvgIpc) is 2.57. The van der Waals surface area contributed by atoms with Crippen LogP contribution in [0.2, 0.25) is 0 Å². The third kappa shape index (κ3) is 3.95. The predicted octanol–water partition coefficient (Wildman–Crippen LogP) is 1.36. The standard InChI is InChI=1S/C8H11F3N2O2S2/c1-5-7(2-6(3-12)16-5)17(14,15)13-4-8(9,10)11/h2,13H,3-4,12H2,1H3. The maximum atomic E-state index is 11.9. The van der Waals surface area contributed by atoms with Crippen LogP contribution in [0.4, 0.5) is 13.2 Å². The van der Waals surface area contributed by atoms with Crippen LogP contribution in [-0.2, 0) is 16.6 Å². The minimum Gasteiger partial charge on any atom is -0.326 e. The fourth-order valence-corrected chi connectivity index (χ4v) is 3.67. The van der Waals surface area contributed by atoms with Crippen molar-refractivity contribution in [2.24, 2.45) is 5.73 Å². The van der Waals surface area contributed by atoms with Crippen LogP contribution in [0.3, 0.4) is 0 Å². The van der Waals surface area contributed by atoms with Crippen molar-refractivity contribution in [1.29, 1.82) is 0 Å². The highest BCUT2D eigenvalue weighted by molar-refractivity contribution is 7.89. The second-order valence-electron chi connectivity index (χ2n) is 3.28. The highest BCUT2D eigenvalue weighted by Gasteiger charge is 2.30. The van der Waals surface area contributed by atoms with Gasteiger partial charge in [-0.1, -0.05) is 0 Å². The molecule has 0 saturated heterocycles. The Bertz CT molecular complexity index is 493. The van der Waals surface area contributed by atoms with E-state index >= 15 is 0 Å². The van der Waals surface area contributed by atoms with Gasteiger partial charge in [0, 0.05) is 16.3 Å². The summed E-state index contributed by atoms with van der Waals surface area (Å²) >= 11 is 1.15. The molecular formula is C8H11F3N2O2S2. The Balaban J connectivity index is 2.93. The van der Waals surface area contributed by atoms with E-state index in [0.29, 0.717) is 9.75 Å². The van der Waals surface area contributed by atoms with Gasteiger partial charge in [0.1, 0.15) is 6.54 Å². The second kappa shape index (κ2) is 4.92. The number of sulfonamides is 1. The van der Waals surface area contributed by atoms with E-state index in [1.54, 1.807) is 0 Å². The molecular weight excluding hydrogens is 277 g/mol. The molecule has 0 aliphatic heterocycles. The van der Waals surface area contributed by atoms with E-state index in [4.69, 9.17) is 5.73 Å². The van der Waals surface area contributed by atoms with Gasteiger partial charge in [0.2, 0.25) is 10.0 Å². The molecule has 0 aliphatic rings.